The van der Waals surface area contributed by atoms with Crippen LogP contribution in [-0.4, -0.2) is 59.1 Å². The van der Waals surface area contributed by atoms with Crippen molar-refractivity contribution in [3.05, 3.63) is 82.9 Å². The molecule has 198 valence electrons. The molecule has 0 aromatic heterocycles. The number of amides is 1. The van der Waals surface area contributed by atoms with Crippen molar-refractivity contribution in [2.75, 3.05) is 33.1 Å². The molecule has 0 aliphatic rings. The first-order valence-electron chi connectivity index (χ1n) is 11.1. The largest absolute Gasteiger partial charge is 0.495 e. The van der Waals surface area contributed by atoms with Gasteiger partial charge in [0.15, 0.2) is 0 Å². The number of ether oxygens (including phenoxy) is 1. The fourth-order valence-electron chi connectivity index (χ4n) is 3.43. The van der Waals surface area contributed by atoms with Gasteiger partial charge in [0.25, 0.3) is 0 Å². The van der Waals surface area contributed by atoms with E-state index in [1.165, 1.54) is 51.5 Å². The normalized spacial score (nSPS) is 12.1. The molecule has 12 heteroatoms. The van der Waals surface area contributed by atoms with Gasteiger partial charge in [0.1, 0.15) is 5.75 Å². The van der Waals surface area contributed by atoms with Gasteiger partial charge < -0.3 is 10.1 Å². The van der Waals surface area contributed by atoms with Crippen molar-refractivity contribution in [2.24, 2.45) is 0 Å². The predicted octanol–water partition coefficient (Wildman–Crippen LogP) is 3.74. The number of methoxy groups -OCH3 is 1. The summed E-state index contributed by atoms with van der Waals surface area (Å²) in [5.74, 6) is -0.322. The third kappa shape index (κ3) is 6.68. The van der Waals surface area contributed by atoms with Gasteiger partial charge >= 0.3 is 0 Å². The van der Waals surface area contributed by atoms with Gasteiger partial charge in [-0.15, -0.1) is 0 Å². The van der Waals surface area contributed by atoms with Crippen molar-refractivity contribution < 1.29 is 26.4 Å². The number of carbonyl (C=O) groups is 1. The highest BCUT2D eigenvalue weighted by Gasteiger charge is 2.28. The van der Waals surface area contributed by atoms with E-state index in [2.05, 4.69) is 5.32 Å². The highest BCUT2D eigenvalue weighted by molar-refractivity contribution is 7.89. The number of benzene rings is 3. The van der Waals surface area contributed by atoms with Crippen molar-refractivity contribution in [1.82, 2.24) is 8.61 Å². The van der Waals surface area contributed by atoms with Crippen LogP contribution in [0.5, 0.6) is 5.75 Å². The molecule has 0 saturated carbocycles. The summed E-state index contributed by atoms with van der Waals surface area (Å²) in [7, 11) is -3.65. The zero-order chi connectivity index (χ0) is 27.4. The van der Waals surface area contributed by atoms with E-state index in [9.17, 15) is 21.6 Å². The summed E-state index contributed by atoms with van der Waals surface area (Å²) < 4.78 is 59.4. The summed E-state index contributed by atoms with van der Waals surface area (Å²) in [5.41, 5.74) is 1.55. The summed E-state index contributed by atoms with van der Waals surface area (Å²) in [5, 5.41) is 2.77. The highest BCUT2D eigenvalue weighted by atomic mass is 35.5. The van der Waals surface area contributed by atoms with E-state index in [4.69, 9.17) is 16.3 Å². The topological polar surface area (TPSA) is 113 Å². The van der Waals surface area contributed by atoms with Gasteiger partial charge in [0, 0.05) is 26.3 Å². The molecule has 1 amide bonds. The van der Waals surface area contributed by atoms with E-state index >= 15 is 0 Å². The van der Waals surface area contributed by atoms with E-state index in [0.717, 1.165) is 8.61 Å². The molecule has 0 bridgehead atoms. The lowest BCUT2D eigenvalue weighted by molar-refractivity contribution is -0.116. The van der Waals surface area contributed by atoms with Crippen molar-refractivity contribution in [1.29, 1.82) is 0 Å². The van der Waals surface area contributed by atoms with E-state index < -0.39 is 32.5 Å². The second-order valence-electron chi connectivity index (χ2n) is 8.37. The SMILES string of the molecule is COc1ccc(S(=O)(=O)N(CC(=O)Nc2cc(S(=O)(=O)N(C)C)ccc2C)Cc2ccccc2)cc1Cl. The minimum atomic E-state index is -4.16. The summed E-state index contributed by atoms with van der Waals surface area (Å²) in [6.45, 7) is 1.11. The number of hydrogen-bond acceptors (Lipinski definition) is 6. The average Bonchev–Trinajstić information content (AvgIpc) is 2.85. The number of aryl methyl sites for hydroxylation is 1. The Kier molecular flexibility index (Phi) is 8.98. The standard InChI is InChI=1S/C25H28ClN3O6S2/c1-18-10-11-21(36(31,32)28(2)3)15-23(18)27-25(30)17-29(16-19-8-6-5-7-9-19)37(33,34)20-12-13-24(35-4)22(26)14-20/h5-15H,16-17H2,1-4H3,(H,27,30). The summed E-state index contributed by atoms with van der Waals surface area (Å²) >= 11 is 6.16. The quantitative estimate of drug-likeness (QED) is 0.401. The number of carbonyl (C=O) groups excluding carboxylic acids is 1. The number of anilines is 1. The summed E-state index contributed by atoms with van der Waals surface area (Å²) in [6.07, 6.45) is 0. The van der Waals surface area contributed by atoms with Crippen molar-refractivity contribution >= 4 is 43.2 Å². The Bertz CT molecular complexity index is 1490. The van der Waals surface area contributed by atoms with E-state index in [1.807, 2.05) is 0 Å². The lowest BCUT2D eigenvalue weighted by atomic mass is 10.2. The van der Waals surface area contributed by atoms with Crippen molar-refractivity contribution in [2.45, 2.75) is 23.3 Å². The Labute approximate surface area is 222 Å². The second kappa shape index (κ2) is 11.6. The van der Waals surface area contributed by atoms with Crippen LogP contribution in [0.2, 0.25) is 5.02 Å². The molecule has 0 fully saturated rings. The molecule has 37 heavy (non-hydrogen) atoms. The molecule has 0 heterocycles. The molecule has 0 unspecified atom stereocenters. The number of hydrogen-bond donors (Lipinski definition) is 1. The third-order valence-electron chi connectivity index (χ3n) is 5.54. The molecule has 0 radical (unpaired) electrons. The van der Waals surface area contributed by atoms with Crippen molar-refractivity contribution in [3.63, 3.8) is 0 Å². The zero-order valence-corrected chi connectivity index (χ0v) is 23.2. The Morgan fingerprint density at radius 2 is 1.54 bits per heavy atom. The van der Waals surface area contributed by atoms with Gasteiger partial charge in [-0.25, -0.2) is 21.1 Å². The van der Waals surface area contributed by atoms with Crippen LogP contribution in [0.25, 0.3) is 0 Å². The average molecular weight is 566 g/mol. The maximum atomic E-state index is 13.6. The van der Waals surface area contributed by atoms with Gasteiger partial charge in [-0.3, -0.25) is 4.79 Å². The second-order valence-corrected chi connectivity index (χ2v) is 12.9. The Balaban J connectivity index is 1.94. The van der Waals surface area contributed by atoms with Crippen LogP contribution in [0.1, 0.15) is 11.1 Å². The Morgan fingerprint density at radius 1 is 0.919 bits per heavy atom. The van der Waals surface area contributed by atoms with Crippen LogP contribution < -0.4 is 10.1 Å². The molecule has 3 rings (SSSR count). The van der Waals surface area contributed by atoms with Gasteiger partial charge in [-0.1, -0.05) is 48.0 Å². The molecule has 3 aromatic carbocycles. The molecule has 0 atom stereocenters. The molecule has 0 spiro atoms. The number of halogens is 1. The van der Waals surface area contributed by atoms with Crippen LogP contribution in [0.15, 0.2) is 76.5 Å². The molecule has 0 saturated heterocycles. The molecule has 0 aliphatic heterocycles. The van der Waals surface area contributed by atoms with Crippen LogP contribution >= 0.6 is 11.6 Å². The number of rotatable bonds is 10. The lowest BCUT2D eigenvalue weighted by Crippen LogP contribution is -2.37. The van der Waals surface area contributed by atoms with Crippen LogP contribution in [-0.2, 0) is 31.4 Å². The van der Waals surface area contributed by atoms with Crippen LogP contribution in [0.4, 0.5) is 5.69 Å². The minimum Gasteiger partial charge on any atom is -0.495 e. The molecule has 9 nitrogen and oxygen atoms in total. The first kappa shape index (κ1) is 28.6. The summed E-state index contributed by atoms with van der Waals surface area (Å²) in [4.78, 5) is 13.0. The Morgan fingerprint density at radius 3 is 2.14 bits per heavy atom. The molecular weight excluding hydrogens is 538 g/mol. The van der Waals surface area contributed by atoms with Gasteiger partial charge in [-0.05, 0) is 48.4 Å². The van der Waals surface area contributed by atoms with Crippen LogP contribution in [0, 0.1) is 6.92 Å². The van der Waals surface area contributed by atoms with Gasteiger partial charge in [-0.2, -0.15) is 4.31 Å². The number of nitrogens with one attached hydrogen (secondary N) is 1. The monoisotopic (exact) mass is 565 g/mol. The third-order valence-corrected chi connectivity index (χ3v) is 9.44. The number of nitrogens with zero attached hydrogens (tertiary/aromatic N) is 2. The molecule has 0 aliphatic carbocycles. The van der Waals surface area contributed by atoms with E-state index in [-0.39, 0.29) is 27.0 Å². The van der Waals surface area contributed by atoms with E-state index in [1.54, 1.807) is 43.3 Å². The molecule has 1 N–H and O–H groups in total. The fraction of sp³-hybridized carbons (Fsp3) is 0.240. The molecular formula is C25H28ClN3O6S2. The molecule has 3 aromatic rings. The predicted molar refractivity (Wildman–Crippen MR) is 143 cm³/mol. The van der Waals surface area contributed by atoms with Crippen LogP contribution in [0.3, 0.4) is 0 Å². The smallest absolute Gasteiger partial charge is 0.243 e. The first-order valence-corrected chi connectivity index (χ1v) is 14.3. The van der Waals surface area contributed by atoms with Gasteiger partial charge in [0.2, 0.25) is 26.0 Å². The highest BCUT2D eigenvalue weighted by Crippen LogP contribution is 2.29. The minimum absolute atomic E-state index is 0.0000351. The first-order chi connectivity index (χ1) is 17.4. The van der Waals surface area contributed by atoms with Gasteiger partial charge in [0.05, 0.1) is 28.5 Å². The number of sulfonamides is 2. The van der Waals surface area contributed by atoms with E-state index in [0.29, 0.717) is 16.9 Å². The maximum absolute atomic E-state index is 13.6. The summed E-state index contributed by atoms with van der Waals surface area (Å²) in [6, 6.07) is 17.3. The zero-order valence-electron chi connectivity index (χ0n) is 20.8. The lowest BCUT2D eigenvalue weighted by Gasteiger charge is -2.23. The fourth-order valence-corrected chi connectivity index (χ4v) is 6.09. The Hall–Kier alpha value is -2.96. The van der Waals surface area contributed by atoms with Crippen molar-refractivity contribution in [3.8, 4) is 5.75 Å². The maximum Gasteiger partial charge on any atom is 0.243 e.